The van der Waals surface area contributed by atoms with Gasteiger partial charge in [0.15, 0.2) is 5.78 Å². The molecule has 2 rings (SSSR count). The van der Waals surface area contributed by atoms with Gasteiger partial charge in [-0.2, -0.15) is 0 Å². The number of rotatable bonds is 5. The van der Waals surface area contributed by atoms with Gasteiger partial charge in [-0.3, -0.25) is 9.59 Å². The molecule has 1 unspecified atom stereocenters. The van der Waals surface area contributed by atoms with Crippen LogP contribution in [0.15, 0.2) is 30.3 Å². The predicted octanol–water partition coefficient (Wildman–Crippen LogP) is 3.08. The minimum atomic E-state index is -0.200. The maximum Gasteiger partial charge on any atom is 0.226 e. The molecule has 0 spiro atoms. The largest absolute Gasteiger partial charge is 0.332 e. The summed E-state index contributed by atoms with van der Waals surface area (Å²) >= 11 is 0. The van der Waals surface area contributed by atoms with Crippen molar-refractivity contribution in [1.82, 2.24) is 4.90 Å². The molecule has 21 heavy (non-hydrogen) atoms. The topological polar surface area (TPSA) is 37.4 Å². The van der Waals surface area contributed by atoms with Crippen LogP contribution in [0.5, 0.6) is 0 Å². The molecule has 2 atom stereocenters. The average Bonchev–Trinajstić information content (AvgIpc) is 2.94. The van der Waals surface area contributed by atoms with Crippen molar-refractivity contribution in [3.8, 4) is 0 Å². The number of benzene rings is 1. The van der Waals surface area contributed by atoms with Crippen LogP contribution in [-0.2, 0) is 16.0 Å². The molecule has 1 aromatic carbocycles. The first kappa shape index (κ1) is 15.7. The van der Waals surface area contributed by atoms with Gasteiger partial charge in [-0.05, 0) is 37.7 Å². The number of carbonyl (C=O) groups is 2. The van der Waals surface area contributed by atoms with E-state index in [4.69, 9.17) is 0 Å². The summed E-state index contributed by atoms with van der Waals surface area (Å²) in [6, 6.07) is 9.93. The second-order valence-electron chi connectivity index (χ2n) is 6.34. The maximum atomic E-state index is 12.9. The Morgan fingerprint density at radius 3 is 2.48 bits per heavy atom. The number of hydrogen-bond donors (Lipinski definition) is 0. The first-order chi connectivity index (χ1) is 10.0. The molecular formula is C18H25NO2. The van der Waals surface area contributed by atoms with Gasteiger partial charge in [-0.1, -0.05) is 44.2 Å². The molecule has 1 aliphatic heterocycles. The molecule has 0 aromatic heterocycles. The lowest BCUT2D eigenvalue weighted by molar-refractivity contribution is -0.141. The average molecular weight is 287 g/mol. The third-order valence-corrected chi connectivity index (χ3v) is 4.43. The number of carbonyl (C=O) groups excluding carboxylic acids is 2. The Bertz CT molecular complexity index is 495. The third kappa shape index (κ3) is 3.72. The number of ketones is 1. The van der Waals surface area contributed by atoms with Gasteiger partial charge < -0.3 is 4.90 Å². The smallest absolute Gasteiger partial charge is 0.226 e. The van der Waals surface area contributed by atoms with Gasteiger partial charge in [-0.25, -0.2) is 0 Å². The van der Waals surface area contributed by atoms with Gasteiger partial charge in [0, 0.05) is 12.5 Å². The molecule has 3 nitrogen and oxygen atoms in total. The highest BCUT2D eigenvalue weighted by Crippen LogP contribution is 2.26. The molecule has 1 fully saturated rings. The van der Waals surface area contributed by atoms with E-state index in [0.29, 0.717) is 0 Å². The van der Waals surface area contributed by atoms with Crippen LogP contribution in [0.4, 0.5) is 0 Å². The fourth-order valence-electron chi connectivity index (χ4n) is 3.14. The lowest BCUT2D eigenvalue weighted by Crippen LogP contribution is -2.44. The zero-order valence-electron chi connectivity index (χ0n) is 13.2. The van der Waals surface area contributed by atoms with Crippen LogP contribution in [0.3, 0.4) is 0 Å². The second-order valence-corrected chi connectivity index (χ2v) is 6.34. The highest BCUT2D eigenvalue weighted by molar-refractivity contribution is 5.89. The summed E-state index contributed by atoms with van der Waals surface area (Å²) in [5.41, 5.74) is 1.18. The van der Waals surface area contributed by atoms with E-state index < -0.39 is 0 Å². The fraction of sp³-hybridized carbons (Fsp3) is 0.556. The quantitative estimate of drug-likeness (QED) is 0.834. The van der Waals surface area contributed by atoms with Crippen LogP contribution in [0.1, 0.15) is 39.2 Å². The van der Waals surface area contributed by atoms with Gasteiger partial charge >= 0.3 is 0 Å². The van der Waals surface area contributed by atoms with E-state index >= 15 is 0 Å². The van der Waals surface area contributed by atoms with Crippen LogP contribution in [0.25, 0.3) is 0 Å². The van der Waals surface area contributed by atoms with Crippen LogP contribution in [0.2, 0.25) is 0 Å². The summed E-state index contributed by atoms with van der Waals surface area (Å²) in [5.74, 6) is 0.480. The number of likely N-dealkylation sites (tertiary alicyclic amines) is 1. The molecule has 1 heterocycles. The molecule has 0 bridgehead atoms. The maximum absolute atomic E-state index is 12.9. The van der Waals surface area contributed by atoms with Gasteiger partial charge in [0.2, 0.25) is 5.91 Å². The van der Waals surface area contributed by atoms with Crippen molar-refractivity contribution in [3.63, 3.8) is 0 Å². The summed E-state index contributed by atoms with van der Waals surface area (Å²) in [5, 5.41) is 0. The Labute approximate surface area is 127 Å². The first-order valence-corrected chi connectivity index (χ1v) is 7.85. The van der Waals surface area contributed by atoms with Crippen LogP contribution >= 0.6 is 0 Å². The van der Waals surface area contributed by atoms with Crippen molar-refractivity contribution >= 4 is 11.7 Å². The highest BCUT2D eigenvalue weighted by atomic mass is 16.2. The Morgan fingerprint density at radius 2 is 1.90 bits per heavy atom. The molecule has 3 heteroatoms. The van der Waals surface area contributed by atoms with E-state index in [1.807, 2.05) is 23.1 Å². The van der Waals surface area contributed by atoms with Crippen molar-refractivity contribution in [2.45, 2.75) is 46.1 Å². The molecule has 0 radical (unpaired) electrons. The van der Waals surface area contributed by atoms with Gasteiger partial charge in [0.1, 0.15) is 0 Å². The van der Waals surface area contributed by atoms with E-state index in [9.17, 15) is 9.59 Å². The molecule has 1 amide bonds. The first-order valence-electron chi connectivity index (χ1n) is 7.85. The Kier molecular flexibility index (Phi) is 5.16. The van der Waals surface area contributed by atoms with Crippen molar-refractivity contribution in [2.24, 2.45) is 11.8 Å². The number of nitrogens with zero attached hydrogens (tertiary/aromatic N) is 1. The van der Waals surface area contributed by atoms with Gasteiger partial charge in [-0.15, -0.1) is 0 Å². The molecular weight excluding hydrogens is 262 g/mol. The van der Waals surface area contributed by atoms with Crippen LogP contribution < -0.4 is 0 Å². The lowest BCUT2D eigenvalue weighted by atomic mass is 9.87. The predicted molar refractivity (Wildman–Crippen MR) is 83.9 cm³/mol. The minimum absolute atomic E-state index is 0.0488. The highest BCUT2D eigenvalue weighted by Gasteiger charge is 2.36. The zero-order chi connectivity index (χ0) is 15.4. The summed E-state index contributed by atoms with van der Waals surface area (Å²) in [7, 11) is 0. The van der Waals surface area contributed by atoms with E-state index in [-0.39, 0.29) is 29.6 Å². The molecule has 1 aromatic rings. The Balaban J connectivity index is 2.14. The fourth-order valence-corrected chi connectivity index (χ4v) is 3.14. The monoisotopic (exact) mass is 287 g/mol. The van der Waals surface area contributed by atoms with Gasteiger partial charge in [0.25, 0.3) is 0 Å². The number of hydrogen-bond acceptors (Lipinski definition) is 2. The summed E-state index contributed by atoms with van der Waals surface area (Å²) in [6.45, 7) is 6.49. The van der Waals surface area contributed by atoms with Crippen LogP contribution in [-0.4, -0.2) is 29.2 Å². The van der Waals surface area contributed by atoms with Crippen molar-refractivity contribution in [3.05, 3.63) is 35.9 Å². The minimum Gasteiger partial charge on any atom is -0.332 e. The van der Waals surface area contributed by atoms with E-state index in [1.165, 1.54) is 5.56 Å². The zero-order valence-corrected chi connectivity index (χ0v) is 13.2. The van der Waals surface area contributed by atoms with E-state index in [1.54, 1.807) is 6.92 Å². The lowest BCUT2D eigenvalue weighted by Gasteiger charge is -2.29. The third-order valence-electron chi connectivity index (χ3n) is 4.43. The molecule has 114 valence electrons. The summed E-state index contributed by atoms with van der Waals surface area (Å²) in [6.07, 6.45) is 2.50. The molecule has 1 saturated heterocycles. The SMILES string of the molecule is CC(=O)[C@@H]1CCCN1C(=O)C(Cc1ccccc1)C(C)C. The van der Waals surface area contributed by atoms with Crippen molar-refractivity contribution in [2.75, 3.05) is 6.54 Å². The molecule has 0 aliphatic carbocycles. The summed E-state index contributed by atoms with van der Waals surface area (Å²) in [4.78, 5) is 26.4. The number of amides is 1. The Hall–Kier alpha value is -1.64. The van der Waals surface area contributed by atoms with Gasteiger partial charge in [0.05, 0.1) is 6.04 Å². The summed E-state index contributed by atoms with van der Waals surface area (Å²) < 4.78 is 0. The Morgan fingerprint density at radius 1 is 1.24 bits per heavy atom. The van der Waals surface area contributed by atoms with Crippen molar-refractivity contribution in [1.29, 1.82) is 0 Å². The molecule has 0 N–H and O–H groups in total. The van der Waals surface area contributed by atoms with E-state index in [0.717, 1.165) is 25.8 Å². The van der Waals surface area contributed by atoms with Crippen LogP contribution in [0, 0.1) is 11.8 Å². The van der Waals surface area contributed by atoms with Crippen molar-refractivity contribution < 1.29 is 9.59 Å². The number of Topliss-reactive ketones (excluding diaryl/α,β-unsaturated/α-hetero) is 1. The van der Waals surface area contributed by atoms with E-state index in [2.05, 4.69) is 26.0 Å². The molecule has 0 saturated carbocycles. The normalized spacial score (nSPS) is 19.8. The molecule has 1 aliphatic rings. The second kappa shape index (κ2) is 6.88. The standard InChI is InChI=1S/C18H25NO2/c1-13(2)16(12-15-8-5-4-6-9-15)18(21)19-11-7-10-17(19)14(3)20/h4-6,8-9,13,16-17H,7,10-12H2,1-3H3/t16?,17-/m0/s1.